The number of amides is 1. The summed E-state index contributed by atoms with van der Waals surface area (Å²) in [6.07, 6.45) is 5.22. The van der Waals surface area contributed by atoms with Gasteiger partial charge in [0.15, 0.2) is 5.16 Å². The lowest BCUT2D eigenvalue weighted by Gasteiger charge is -2.15. The second-order valence-corrected chi connectivity index (χ2v) is 8.48. The van der Waals surface area contributed by atoms with Crippen LogP contribution in [0.5, 0.6) is 0 Å². The van der Waals surface area contributed by atoms with Gasteiger partial charge in [-0.25, -0.2) is 4.98 Å². The molecule has 0 fully saturated rings. The molecule has 2 aliphatic carbocycles. The van der Waals surface area contributed by atoms with Crippen molar-refractivity contribution in [1.82, 2.24) is 14.9 Å². The molecule has 1 amide bonds. The minimum atomic E-state index is -0.0616. The fourth-order valence-electron chi connectivity index (χ4n) is 4.09. The van der Waals surface area contributed by atoms with Crippen molar-refractivity contribution in [1.29, 1.82) is 0 Å². The SMILES string of the molecule is CC(NC(=O)CSc1nc2c(c(=O)n1C)C1=C(CCCC1)C2)c1ccccc1. The molecule has 1 N–H and O–H groups in total. The van der Waals surface area contributed by atoms with Gasteiger partial charge in [-0.2, -0.15) is 0 Å². The fraction of sp³-hybridized carbons (Fsp3) is 0.409. The average molecular weight is 396 g/mol. The van der Waals surface area contributed by atoms with Crippen LogP contribution in [0.2, 0.25) is 0 Å². The van der Waals surface area contributed by atoms with Crippen molar-refractivity contribution in [2.75, 3.05) is 5.75 Å². The number of thioether (sulfide) groups is 1. The number of hydrogen-bond acceptors (Lipinski definition) is 4. The maximum Gasteiger partial charge on any atom is 0.261 e. The lowest BCUT2D eigenvalue weighted by molar-refractivity contribution is -0.119. The Kier molecular flexibility index (Phi) is 5.40. The topological polar surface area (TPSA) is 64.0 Å². The van der Waals surface area contributed by atoms with Gasteiger partial charge in [0, 0.05) is 13.5 Å². The number of carbonyl (C=O) groups is 1. The number of benzene rings is 1. The summed E-state index contributed by atoms with van der Waals surface area (Å²) in [5.41, 5.74) is 5.44. The zero-order valence-corrected chi connectivity index (χ0v) is 17.1. The third-order valence-electron chi connectivity index (χ3n) is 5.60. The van der Waals surface area contributed by atoms with E-state index in [2.05, 4.69) is 5.32 Å². The summed E-state index contributed by atoms with van der Waals surface area (Å²) in [4.78, 5) is 30.0. The van der Waals surface area contributed by atoms with E-state index in [0.29, 0.717) is 5.16 Å². The van der Waals surface area contributed by atoms with Gasteiger partial charge in [0.25, 0.3) is 5.56 Å². The molecule has 1 aromatic heterocycles. The molecule has 5 nitrogen and oxygen atoms in total. The number of carbonyl (C=O) groups excluding carboxylic acids is 1. The van der Waals surface area contributed by atoms with Crippen LogP contribution in [-0.2, 0) is 18.3 Å². The molecule has 6 heteroatoms. The number of hydrogen-bond donors (Lipinski definition) is 1. The Morgan fingerprint density at radius 3 is 2.79 bits per heavy atom. The molecule has 0 spiro atoms. The summed E-state index contributed by atoms with van der Waals surface area (Å²) in [5.74, 6) is 0.178. The first kappa shape index (κ1) is 19.0. The van der Waals surface area contributed by atoms with Crippen LogP contribution >= 0.6 is 11.8 Å². The lowest BCUT2D eigenvalue weighted by Crippen LogP contribution is -2.29. The van der Waals surface area contributed by atoms with E-state index < -0.39 is 0 Å². The standard InChI is InChI=1S/C22H25N3O2S/c1-14(15-8-4-3-5-9-15)23-19(26)13-28-22-24-18-12-16-10-6-7-11-17(16)20(18)21(27)25(22)2/h3-5,8-9,14H,6-7,10-13H2,1-2H3,(H,23,26). The number of rotatable bonds is 5. The smallest absolute Gasteiger partial charge is 0.261 e. The molecule has 146 valence electrons. The van der Waals surface area contributed by atoms with Crippen LogP contribution in [0.3, 0.4) is 0 Å². The minimum Gasteiger partial charge on any atom is -0.349 e. The molecule has 0 saturated carbocycles. The normalized spacial score (nSPS) is 16.5. The van der Waals surface area contributed by atoms with Crippen molar-refractivity contribution < 1.29 is 4.79 Å². The van der Waals surface area contributed by atoms with Crippen LogP contribution in [-0.4, -0.2) is 21.2 Å². The van der Waals surface area contributed by atoms with Gasteiger partial charge in [0.1, 0.15) is 0 Å². The average Bonchev–Trinajstić information content (AvgIpc) is 3.08. The van der Waals surface area contributed by atoms with Crippen molar-refractivity contribution in [2.24, 2.45) is 7.05 Å². The van der Waals surface area contributed by atoms with Crippen LogP contribution in [0.25, 0.3) is 5.57 Å². The maximum atomic E-state index is 12.9. The highest BCUT2D eigenvalue weighted by molar-refractivity contribution is 7.99. The van der Waals surface area contributed by atoms with Gasteiger partial charge in [-0.15, -0.1) is 0 Å². The van der Waals surface area contributed by atoms with Crippen molar-refractivity contribution in [3.8, 4) is 0 Å². The van der Waals surface area contributed by atoms with Gasteiger partial charge in [0.2, 0.25) is 5.91 Å². The van der Waals surface area contributed by atoms with Crippen LogP contribution in [0.15, 0.2) is 45.9 Å². The molecule has 4 rings (SSSR count). The second kappa shape index (κ2) is 7.95. The van der Waals surface area contributed by atoms with Crippen LogP contribution in [0.1, 0.15) is 55.5 Å². The van der Waals surface area contributed by atoms with Gasteiger partial charge in [0.05, 0.1) is 23.1 Å². The first-order valence-electron chi connectivity index (χ1n) is 9.83. The molecule has 1 aromatic carbocycles. The molecule has 0 radical (unpaired) electrons. The number of allylic oxidation sites excluding steroid dienone is 2. The van der Waals surface area contributed by atoms with Gasteiger partial charge in [-0.05, 0) is 43.7 Å². The summed E-state index contributed by atoms with van der Waals surface area (Å²) in [7, 11) is 1.75. The molecule has 2 aromatic rings. The van der Waals surface area contributed by atoms with Crippen molar-refractivity contribution >= 4 is 23.2 Å². The summed E-state index contributed by atoms with van der Waals surface area (Å²) in [6, 6.07) is 9.83. The third kappa shape index (κ3) is 3.65. The Labute approximate surface area is 169 Å². The number of aromatic nitrogens is 2. The van der Waals surface area contributed by atoms with E-state index in [1.807, 2.05) is 37.3 Å². The van der Waals surface area contributed by atoms with Crippen molar-refractivity contribution in [2.45, 2.75) is 50.2 Å². The molecule has 0 saturated heterocycles. The van der Waals surface area contributed by atoms with Crippen LogP contribution in [0, 0.1) is 0 Å². The van der Waals surface area contributed by atoms with Crippen molar-refractivity contribution in [3.05, 3.63) is 63.1 Å². The quantitative estimate of drug-likeness (QED) is 0.620. The van der Waals surface area contributed by atoms with E-state index in [-0.39, 0.29) is 23.3 Å². The van der Waals surface area contributed by atoms with Crippen LogP contribution < -0.4 is 10.9 Å². The molecule has 1 heterocycles. The van der Waals surface area contributed by atoms with E-state index in [9.17, 15) is 9.59 Å². The fourth-order valence-corrected chi connectivity index (χ4v) is 4.88. The zero-order valence-electron chi connectivity index (χ0n) is 16.3. The number of fused-ring (bicyclic) bond motifs is 2. The Balaban J connectivity index is 1.45. The first-order valence-corrected chi connectivity index (χ1v) is 10.8. The van der Waals surface area contributed by atoms with E-state index in [0.717, 1.165) is 42.5 Å². The monoisotopic (exact) mass is 395 g/mol. The number of nitrogens with zero attached hydrogens (tertiary/aromatic N) is 2. The Hall–Kier alpha value is -2.34. The summed E-state index contributed by atoms with van der Waals surface area (Å²) in [6.45, 7) is 1.97. The highest BCUT2D eigenvalue weighted by Gasteiger charge is 2.29. The van der Waals surface area contributed by atoms with E-state index in [1.165, 1.54) is 29.3 Å². The molecule has 0 bridgehead atoms. The first-order chi connectivity index (χ1) is 13.5. The lowest BCUT2D eigenvalue weighted by atomic mass is 9.92. The van der Waals surface area contributed by atoms with Gasteiger partial charge < -0.3 is 5.32 Å². The molecular formula is C22H25N3O2S. The highest BCUT2D eigenvalue weighted by Crippen LogP contribution is 2.39. The third-order valence-corrected chi connectivity index (χ3v) is 6.63. The Morgan fingerprint density at radius 2 is 2.00 bits per heavy atom. The summed E-state index contributed by atoms with van der Waals surface area (Å²) in [5, 5.41) is 3.63. The molecule has 2 aliphatic rings. The molecule has 1 unspecified atom stereocenters. The zero-order chi connectivity index (χ0) is 19.7. The molecule has 1 atom stereocenters. The highest BCUT2D eigenvalue weighted by atomic mass is 32.2. The Bertz CT molecular complexity index is 995. The molecule has 0 aliphatic heterocycles. The predicted molar refractivity (Wildman–Crippen MR) is 112 cm³/mol. The molecule has 28 heavy (non-hydrogen) atoms. The van der Waals surface area contributed by atoms with E-state index in [1.54, 1.807) is 11.6 Å². The largest absolute Gasteiger partial charge is 0.349 e. The second-order valence-electron chi connectivity index (χ2n) is 7.53. The van der Waals surface area contributed by atoms with Gasteiger partial charge >= 0.3 is 0 Å². The molecular weight excluding hydrogens is 370 g/mol. The predicted octanol–water partition coefficient (Wildman–Crippen LogP) is 3.63. The van der Waals surface area contributed by atoms with Gasteiger partial charge in [-0.3, -0.25) is 14.2 Å². The van der Waals surface area contributed by atoms with Crippen molar-refractivity contribution in [3.63, 3.8) is 0 Å². The summed E-state index contributed by atoms with van der Waals surface area (Å²) >= 11 is 1.33. The summed E-state index contributed by atoms with van der Waals surface area (Å²) < 4.78 is 1.60. The maximum absolute atomic E-state index is 12.9. The van der Waals surface area contributed by atoms with E-state index in [4.69, 9.17) is 4.98 Å². The Morgan fingerprint density at radius 1 is 1.25 bits per heavy atom. The number of nitrogens with one attached hydrogen (secondary N) is 1. The van der Waals surface area contributed by atoms with E-state index >= 15 is 0 Å². The minimum absolute atomic E-state index is 0.0254. The van der Waals surface area contributed by atoms with Crippen LogP contribution in [0.4, 0.5) is 0 Å². The van der Waals surface area contributed by atoms with Gasteiger partial charge in [-0.1, -0.05) is 47.7 Å².